The summed E-state index contributed by atoms with van der Waals surface area (Å²) in [5, 5.41) is 4.37. The number of primary amides is 1. The lowest BCUT2D eigenvalue weighted by Gasteiger charge is -2.17. The van der Waals surface area contributed by atoms with Crippen molar-refractivity contribution in [2.45, 2.75) is 17.7 Å². The predicted molar refractivity (Wildman–Crippen MR) is 112 cm³/mol. The molecule has 0 atom stereocenters. The second kappa shape index (κ2) is 7.16. The number of terminal acetylenes is 2. The van der Waals surface area contributed by atoms with E-state index in [2.05, 4.69) is 15.1 Å². The van der Waals surface area contributed by atoms with Crippen molar-refractivity contribution in [1.82, 2.24) is 24.1 Å². The Labute approximate surface area is 178 Å². The Morgan fingerprint density at radius 1 is 1.16 bits per heavy atom. The second-order valence-electron chi connectivity index (χ2n) is 6.58. The molecule has 2 heterocycles. The number of aryl methyl sites for hydroxylation is 1. The summed E-state index contributed by atoms with van der Waals surface area (Å²) in [6, 6.07) is 9.54. The van der Waals surface area contributed by atoms with Crippen molar-refractivity contribution < 1.29 is 13.2 Å². The molecule has 0 saturated heterocycles. The molecule has 4 rings (SSSR count). The topological polar surface area (TPSA) is 150 Å². The lowest BCUT2D eigenvalue weighted by molar-refractivity contribution is 0.0994. The van der Waals surface area contributed by atoms with Gasteiger partial charge in [-0.1, -0.05) is 12.8 Å². The third kappa shape index (κ3) is 3.13. The van der Waals surface area contributed by atoms with Crippen molar-refractivity contribution in [3.63, 3.8) is 0 Å². The molecule has 154 valence electrons. The first-order chi connectivity index (χ1) is 14.8. The summed E-state index contributed by atoms with van der Waals surface area (Å²) in [6.07, 6.45) is 13.1. The van der Waals surface area contributed by atoms with Gasteiger partial charge in [0.15, 0.2) is 5.69 Å². The molecule has 0 spiro atoms. The molecule has 3 aromatic rings. The van der Waals surface area contributed by atoms with Crippen molar-refractivity contribution in [2.75, 3.05) is 5.73 Å². The molecule has 0 bridgehead atoms. The van der Waals surface area contributed by atoms with Gasteiger partial charge in [-0.3, -0.25) is 4.79 Å². The van der Waals surface area contributed by atoms with Gasteiger partial charge in [-0.15, -0.1) is 4.31 Å². The first-order valence-electron chi connectivity index (χ1n) is 8.89. The molecule has 1 aliphatic rings. The highest BCUT2D eigenvalue weighted by Crippen LogP contribution is 2.35. The van der Waals surface area contributed by atoms with Gasteiger partial charge in [0.1, 0.15) is 0 Å². The predicted octanol–water partition coefficient (Wildman–Crippen LogP) is 0.281. The molecule has 0 unspecified atom stereocenters. The Balaban J connectivity index is 1.88. The molecule has 4 N–H and O–H groups in total. The van der Waals surface area contributed by atoms with Crippen LogP contribution in [0.1, 0.15) is 21.6 Å². The third-order valence-corrected chi connectivity index (χ3v) is 6.38. The molecule has 1 amide bonds. The average molecular weight is 433 g/mol. The summed E-state index contributed by atoms with van der Waals surface area (Å²) in [6.45, 7) is 0. The van der Waals surface area contributed by atoms with Crippen LogP contribution in [0, 0.1) is 24.9 Å². The number of amides is 1. The minimum atomic E-state index is -4.06. The Morgan fingerprint density at radius 3 is 2.45 bits per heavy atom. The maximum absolute atomic E-state index is 12.5. The zero-order chi connectivity index (χ0) is 22.3. The summed E-state index contributed by atoms with van der Waals surface area (Å²) in [7, 11) is -4.06. The van der Waals surface area contributed by atoms with E-state index in [1.807, 2.05) is 12.1 Å². The van der Waals surface area contributed by atoms with Gasteiger partial charge < -0.3 is 11.5 Å². The zero-order valence-corrected chi connectivity index (χ0v) is 16.8. The molecule has 2 aromatic heterocycles. The number of carbonyl (C=O) groups excluding carboxylic acids is 1. The number of benzene rings is 1. The van der Waals surface area contributed by atoms with E-state index in [0.29, 0.717) is 39.8 Å². The van der Waals surface area contributed by atoms with Gasteiger partial charge in [-0.2, -0.15) is 13.5 Å². The first kappa shape index (κ1) is 19.9. The van der Waals surface area contributed by atoms with E-state index in [-0.39, 0.29) is 16.5 Å². The quantitative estimate of drug-likeness (QED) is 0.443. The van der Waals surface area contributed by atoms with Crippen LogP contribution in [0.2, 0.25) is 0 Å². The summed E-state index contributed by atoms with van der Waals surface area (Å²) in [4.78, 5) is 20.2. The number of anilines is 1. The van der Waals surface area contributed by atoms with Crippen LogP contribution in [0.15, 0.2) is 35.4 Å². The summed E-state index contributed by atoms with van der Waals surface area (Å²) < 4.78 is 26.9. The van der Waals surface area contributed by atoms with Crippen molar-refractivity contribution in [3.8, 4) is 42.0 Å². The molecule has 0 aliphatic heterocycles. The van der Waals surface area contributed by atoms with Gasteiger partial charge in [0, 0.05) is 23.8 Å². The maximum atomic E-state index is 12.5. The van der Waals surface area contributed by atoms with E-state index in [9.17, 15) is 13.2 Å². The van der Waals surface area contributed by atoms with E-state index >= 15 is 0 Å². The summed E-state index contributed by atoms with van der Waals surface area (Å²) >= 11 is 0. The highest BCUT2D eigenvalue weighted by Gasteiger charge is 2.30. The van der Waals surface area contributed by atoms with Gasteiger partial charge >= 0.3 is 0 Å². The fourth-order valence-electron chi connectivity index (χ4n) is 3.42. The molecular weight excluding hydrogens is 418 g/mol. The number of rotatable bonds is 4. The Kier molecular flexibility index (Phi) is 4.61. The van der Waals surface area contributed by atoms with Crippen LogP contribution in [0.25, 0.3) is 17.1 Å². The van der Waals surface area contributed by atoms with Crippen molar-refractivity contribution in [3.05, 3.63) is 47.3 Å². The molecule has 1 aromatic carbocycles. The van der Waals surface area contributed by atoms with Crippen LogP contribution in [-0.4, -0.2) is 38.4 Å². The van der Waals surface area contributed by atoms with E-state index in [4.69, 9.17) is 24.3 Å². The molecule has 11 heteroatoms. The number of hydrogen-bond donors (Lipinski definition) is 2. The summed E-state index contributed by atoms with van der Waals surface area (Å²) in [5.74, 6) is -0.608. The average Bonchev–Trinajstić information content (AvgIpc) is 3.15. The largest absolute Gasteiger partial charge is 0.368 e. The molecule has 1 aliphatic carbocycles. The van der Waals surface area contributed by atoms with Crippen molar-refractivity contribution >= 4 is 21.9 Å². The lowest BCUT2D eigenvalue weighted by atomic mass is 9.93. The maximum Gasteiger partial charge on any atom is 0.282 e. The van der Waals surface area contributed by atoms with E-state index < -0.39 is 15.9 Å². The van der Waals surface area contributed by atoms with Crippen LogP contribution in [0.4, 0.5) is 5.95 Å². The SMILES string of the molecule is C#CN(C#C)S(=O)(=O)c1ccc(-n2nc(C(N)=O)c3c2-c2nc(N)ncc2CC3)cc1. The van der Waals surface area contributed by atoms with Crippen LogP contribution >= 0.6 is 0 Å². The molecule has 0 saturated carbocycles. The molecule has 0 radical (unpaired) electrons. The van der Waals surface area contributed by atoms with Crippen LogP contribution in [-0.2, 0) is 22.9 Å². The normalized spacial score (nSPS) is 12.2. The number of nitrogens with two attached hydrogens (primary N) is 2. The third-order valence-electron chi connectivity index (χ3n) is 4.82. The number of nitrogens with zero attached hydrogens (tertiary/aromatic N) is 5. The van der Waals surface area contributed by atoms with E-state index in [0.717, 1.165) is 5.56 Å². The van der Waals surface area contributed by atoms with Gasteiger partial charge in [0.25, 0.3) is 15.9 Å². The number of aromatic nitrogens is 4. The molecule has 0 fully saturated rings. The van der Waals surface area contributed by atoms with Gasteiger partial charge in [-0.05, 0) is 42.7 Å². The van der Waals surface area contributed by atoms with Crippen LogP contribution < -0.4 is 11.5 Å². The fraction of sp³-hybridized carbons (Fsp3) is 0.100. The molecule has 10 nitrogen and oxygen atoms in total. The monoisotopic (exact) mass is 433 g/mol. The van der Waals surface area contributed by atoms with Crippen molar-refractivity contribution in [2.24, 2.45) is 5.73 Å². The minimum Gasteiger partial charge on any atom is -0.368 e. The highest BCUT2D eigenvalue weighted by atomic mass is 32.2. The van der Waals surface area contributed by atoms with Gasteiger partial charge in [0.2, 0.25) is 5.95 Å². The highest BCUT2D eigenvalue weighted by molar-refractivity contribution is 7.89. The molecule has 31 heavy (non-hydrogen) atoms. The van der Waals surface area contributed by atoms with Crippen molar-refractivity contribution in [1.29, 1.82) is 0 Å². The summed E-state index contributed by atoms with van der Waals surface area (Å²) in [5.41, 5.74) is 14.5. The number of nitrogen functional groups attached to an aromatic ring is 1. The van der Waals surface area contributed by atoms with E-state index in [1.165, 1.54) is 28.9 Å². The number of fused-ring (bicyclic) bond motifs is 3. The number of sulfonamides is 1. The van der Waals surface area contributed by atoms with Gasteiger partial charge in [0.05, 0.1) is 22.0 Å². The van der Waals surface area contributed by atoms with Crippen LogP contribution in [0.3, 0.4) is 0 Å². The minimum absolute atomic E-state index is 0.0741. The standard InChI is InChI=1S/C20H15N7O3S/c1-3-26(4-2)31(29,30)14-8-6-13(7-9-14)27-18-15(17(25-27)19(21)28)10-5-12-11-23-20(22)24-16(12)18/h1-2,6-9,11H,5,10H2,(H2,21,28)(H2,22,23,24). The van der Waals surface area contributed by atoms with Gasteiger partial charge in [-0.25, -0.2) is 14.6 Å². The lowest BCUT2D eigenvalue weighted by Crippen LogP contribution is -2.21. The zero-order valence-electron chi connectivity index (χ0n) is 16.0. The Morgan fingerprint density at radius 2 is 1.84 bits per heavy atom. The molecular formula is C20H15N7O3S. The Hall–Kier alpha value is -4.35. The first-order valence-corrected chi connectivity index (χ1v) is 10.3. The Bertz CT molecular complexity index is 1400. The second-order valence-corrected chi connectivity index (χ2v) is 8.36. The number of carbonyl (C=O) groups is 1. The number of hydrogen-bond acceptors (Lipinski definition) is 7. The van der Waals surface area contributed by atoms with E-state index in [1.54, 1.807) is 6.20 Å². The fourth-order valence-corrected chi connectivity index (χ4v) is 4.39. The smallest absolute Gasteiger partial charge is 0.282 e. The van der Waals surface area contributed by atoms with Crippen LogP contribution in [0.5, 0.6) is 0 Å².